The number of nitrogens with one attached hydrogen (secondary N) is 2. The fraction of sp³-hybridized carbons (Fsp3) is 0.500. The van der Waals surface area contributed by atoms with Crippen molar-refractivity contribution in [3.05, 3.63) is 12.2 Å². The van der Waals surface area contributed by atoms with Crippen molar-refractivity contribution in [2.45, 2.75) is 25.6 Å². The van der Waals surface area contributed by atoms with Gasteiger partial charge >= 0.3 is 6.18 Å². The van der Waals surface area contributed by atoms with Crippen molar-refractivity contribution in [2.24, 2.45) is 0 Å². The van der Waals surface area contributed by atoms with E-state index in [0.29, 0.717) is 6.42 Å². The van der Waals surface area contributed by atoms with E-state index < -0.39 is 12.0 Å². The molecule has 104 valence electrons. The molecule has 0 aliphatic carbocycles. The van der Waals surface area contributed by atoms with Crippen LogP contribution in [0.15, 0.2) is 6.33 Å². The third kappa shape index (κ3) is 2.75. The summed E-state index contributed by atoms with van der Waals surface area (Å²) >= 11 is 0. The number of imidazole rings is 1. The summed E-state index contributed by atoms with van der Waals surface area (Å²) in [5.74, 6) is -1.28. The van der Waals surface area contributed by atoms with Crippen LogP contribution in [-0.4, -0.2) is 37.7 Å². The summed E-state index contributed by atoms with van der Waals surface area (Å²) in [5, 5.41) is 11.8. The van der Waals surface area contributed by atoms with Crippen LogP contribution in [0.4, 0.5) is 19.0 Å². The van der Waals surface area contributed by atoms with Gasteiger partial charge in [-0.1, -0.05) is 6.92 Å². The van der Waals surface area contributed by atoms with Crippen molar-refractivity contribution in [3.8, 4) is 0 Å². The van der Waals surface area contributed by atoms with Gasteiger partial charge in [0, 0.05) is 0 Å². The maximum atomic E-state index is 12.7. The van der Waals surface area contributed by atoms with Crippen molar-refractivity contribution in [1.29, 1.82) is 0 Å². The second kappa shape index (κ2) is 5.00. The summed E-state index contributed by atoms with van der Waals surface area (Å²) in [5.41, 5.74) is 0.206. The van der Waals surface area contributed by atoms with Crippen molar-refractivity contribution < 1.29 is 18.3 Å². The number of hydrogen-bond acceptors (Lipinski definition) is 5. The molecule has 1 atom stereocenters. The smallest absolute Gasteiger partial charge is 0.394 e. The number of hydrogen-bond donors (Lipinski definition) is 3. The molecule has 0 saturated heterocycles. The molecule has 0 radical (unpaired) electrons. The van der Waals surface area contributed by atoms with Gasteiger partial charge in [0.15, 0.2) is 11.5 Å². The number of aromatic nitrogens is 4. The molecule has 2 aromatic rings. The molecule has 2 heterocycles. The number of halogens is 3. The maximum Gasteiger partial charge on any atom is 0.451 e. The molecular formula is C10H12F3N5O. The number of alkyl halides is 3. The predicted octanol–water partition coefficient (Wildman–Crippen LogP) is 1.55. The van der Waals surface area contributed by atoms with E-state index in [2.05, 4.69) is 25.3 Å². The molecule has 19 heavy (non-hydrogen) atoms. The van der Waals surface area contributed by atoms with Crippen LogP contribution in [0.3, 0.4) is 0 Å². The summed E-state index contributed by atoms with van der Waals surface area (Å²) in [6, 6.07) is -0.387. The number of anilines is 1. The van der Waals surface area contributed by atoms with Crippen molar-refractivity contribution in [2.75, 3.05) is 11.9 Å². The molecule has 0 fully saturated rings. The molecule has 0 saturated carbocycles. The third-order valence-corrected chi connectivity index (χ3v) is 2.59. The van der Waals surface area contributed by atoms with Crippen LogP contribution in [-0.2, 0) is 6.18 Å². The van der Waals surface area contributed by atoms with Crippen LogP contribution in [0, 0.1) is 0 Å². The fourth-order valence-corrected chi connectivity index (χ4v) is 1.53. The van der Waals surface area contributed by atoms with Gasteiger partial charge in [-0.3, -0.25) is 0 Å². The molecular weight excluding hydrogens is 263 g/mol. The SMILES string of the molecule is CC[C@H](CO)Nc1nc(C(F)(F)F)nc2nc[nH]c12. The summed E-state index contributed by atoms with van der Waals surface area (Å²) < 4.78 is 38.0. The molecule has 0 unspecified atom stereocenters. The lowest BCUT2D eigenvalue weighted by Gasteiger charge is -2.16. The quantitative estimate of drug-likeness (QED) is 0.788. The van der Waals surface area contributed by atoms with Gasteiger partial charge in [-0.15, -0.1) is 0 Å². The molecule has 2 aromatic heterocycles. The predicted molar refractivity (Wildman–Crippen MR) is 61.5 cm³/mol. The number of aliphatic hydroxyl groups is 1. The van der Waals surface area contributed by atoms with E-state index in [1.807, 2.05) is 0 Å². The lowest BCUT2D eigenvalue weighted by molar-refractivity contribution is -0.144. The van der Waals surface area contributed by atoms with Crippen LogP contribution < -0.4 is 5.32 Å². The van der Waals surface area contributed by atoms with Gasteiger partial charge in [0.05, 0.1) is 19.0 Å². The minimum absolute atomic E-state index is 0.0178. The number of aliphatic hydroxyl groups excluding tert-OH is 1. The Morgan fingerprint density at radius 2 is 2.16 bits per heavy atom. The molecule has 0 aliphatic rings. The van der Waals surface area contributed by atoms with E-state index in [9.17, 15) is 13.2 Å². The van der Waals surface area contributed by atoms with Crippen molar-refractivity contribution in [3.63, 3.8) is 0 Å². The zero-order valence-corrected chi connectivity index (χ0v) is 9.99. The fourth-order valence-electron chi connectivity index (χ4n) is 1.53. The van der Waals surface area contributed by atoms with E-state index in [1.165, 1.54) is 6.33 Å². The second-order valence-corrected chi connectivity index (χ2v) is 3.93. The highest BCUT2D eigenvalue weighted by Gasteiger charge is 2.36. The first-order chi connectivity index (χ1) is 8.95. The van der Waals surface area contributed by atoms with Crippen molar-refractivity contribution in [1.82, 2.24) is 19.9 Å². The molecule has 0 amide bonds. The highest BCUT2D eigenvalue weighted by molar-refractivity contribution is 5.82. The van der Waals surface area contributed by atoms with Gasteiger partial charge in [-0.05, 0) is 6.42 Å². The zero-order valence-electron chi connectivity index (χ0n) is 9.99. The molecule has 0 aliphatic heterocycles. The number of H-pyrrole nitrogens is 1. The minimum atomic E-state index is -4.65. The van der Waals surface area contributed by atoms with Gasteiger partial charge in [-0.2, -0.15) is 13.2 Å². The Bertz CT molecular complexity index is 564. The Hall–Kier alpha value is -1.90. The first-order valence-electron chi connectivity index (χ1n) is 5.61. The average Bonchev–Trinajstić information content (AvgIpc) is 2.82. The molecule has 9 heteroatoms. The number of fused-ring (bicyclic) bond motifs is 1. The van der Waals surface area contributed by atoms with Crippen LogP contribution in [0.25, 0.3) is 11.2 Å². The lowest BCUT2D eigenvalue weighted by Crippen LogP contribution is -2.24. The van der Waals surface area contributed by atoms with E-state index in [-0.39, 0.29) is 29.6 Å². The first-order valence-corrected chi connectivity index (χ1v) is 5.61. The van der Waals surface area contributed by atoms with Crippen LogP contribution in [0.2, 0.25) is 0 Å². The number of rotatable bonds is 4. The summed E-state index contributed by atoms with van der Waals surface area (Å²) in [6.45, 7) is 1.58. The Labute approximate surface area is 106 Å². The Morgan fingerprint density at radius 1 is 1.42 bits per heavy atom. The molecule has 2 rings (SSSR count). The summed E-state index contributed by atoms with van der Waals surface area (Å²) in [6.07, 6.45) is -2.87. The van der Waals surface area contributed by atoms with Gasteiger partial charge in [0.1, 0.15) is 5.52 Å². The van der Waals surface area contributed by atoms with E-state index in [4.69, 9.17) is 5.11 Å². The largest absolute Gasteiger partial charge is 0.451 e. The average molecular weight is 275 g/mol. The summed E-state index contributed by atoms with van der Waals surface area (Å²) in [7, 11) is 0. The highest BCUT2D eigenvalue weighted by Crippen LogP contribution is 2.29. The normalized spacial score (nSPS) is 13.7. The highest BCUT2D eigenvalue weighted by atomic mass is 19.4. The van der Waals surface area contributed by atoms with Gasteiger partial charge in [0.2, 0.25) is 5.82 Å². The number of aromatic amines is 1. The zero-order chi connectivity index (χ0) is 14.0. The van der Waals surface area contributed by atoms with E-state index in [1.54, 1.807) is 6.92 Å². The summed E-state index contributed by atoms with van der Waals surface area (Å²) in [4.78, 5) is 13.2. The molecule has 3 N–H and O–H groups in total. The van der Waals surface area contributed by atoms with Gasteiger partial charge < -0.3 is 15.4 Å². The van der Waals surface area contributed by atoms with Crippen LogP contribution >= 0.6 is 0 Å². The van der Waals surface area contributed by atoms with E-state index >= 15 is 0 Å². The van der Waals surface area contributed by atoms with E-state index in [0.717, 1.165) is 0 Å². The monoisotopic (exact) mass is 275 g/mol. The van der Waals surface area contributed by atoms with Gasteiger partial charge in [0.25, 0.3) is 0 Å². The minimum Gasteiger partial charge on any atom is -0.394 e. The first kappa shape index (κ1) is 13.5. The molecule has 6 nitrogen and oxygen atoms in total. The third-order valence-electron chi connectivity index (χ3n) is 2.59. The van der Waals surface area contributed by atoms with Crippen LogP contribution in [0.5, 0.6) is 0 Å². The molecule has 0 bridgehead atoms. The Morgan fingerprint density at radius 3 is 2.74 bits per heavy atom. The second-order valence-electron chi connectivity index (χ2n) is 3.93. The maximum absolute atomic E-state index is 12.7. The topological polar surface area (TPSA) is 86.7 Å². The van der Waals surface area contributed by atoms with Gasteiger partial charge in [-0.25, -0.2) is 15.0 Å². The van der Waals surface area contributed by atoms with Crippen LogP contribution in [0.1, 0.15) is 19.2 Å². The lowest BCUT2D eigenvalue weighted by atomic mass is 10.2. The molecule has 0 spiro atoms. The van der Waals surface area contributed by atoms with Crippen molar-refractivity contribution >= 4 is 17.0 Å². The Kier molecular flexibility index (Phi) is 3.56. The standard InChI is InChI=1S/C10H12F3N5O/c1-2-5(3-19)16-8-6-7(15-4-14-6)17-9(18-8)10(11,12)13/h4-5,19H,2-3H2,1H3,(H2,14,15,16,17,18)/t5-/m1/s1. The number of nitrogens with zero attached hydrogens (tertiary/aromatic N) is 3. The Balaban J connectivity index is 2.48. The molecule has 0 aromatic carbocycles.